The maximum Gasteiger partial charge on any atom is 0.219 e. The molecule has 1 aliphatic rings. The van der Waals surface area contributed by atoms with Crippen LogP contribution in [0.2, 0.25) is 0 Å². The number of aromatic amines is 2. The Morgan fingerprint density at radius 2 is 1.71 bits per heavy atom. The number of pyridine rings is 1. The fourth-order valence-corrected chi connectivity index (χ4v) is 4.90. The van der Waals surface area contributed by atoms with Crippen molar-refractivity contribution in [2.24, 2.45) is 0 Å². The molecule has 4 heterocycles. The van der Waals surface area contributed by atoms with Gasteiger partial charge in [-0.2, -0.15) is 0 Å². The zero-order valence-electron chi connectivity index (χ0n) is 19.2. The summed E-state index contributed by atoms with van der Waals surface area (Å²) in [4.78, 5) is 27.2. The van der Waals surface area contributed by atoms with E-state index in [2.05, 4.69) is 69.5 Å². The van der Waals surface area contributed by atoms with Crippen LogP contribution < -0.4 is 0 Å². The van der Waals surface area contributed by atoms with Crippen molar-refractivity contribution in [3.63, 3.8) is 0 Å². The van der Waals surface area contributed by atoms with Crippen LogP contribution in [0.15, 0.2) is 73.2 Å². The first-order chi connectivity index (χ1) is 16.6. The number of fused-ring (bicyclic) bond motifs is 2. The molecule has 0 spiro atoms. The second-order valence-corrected chi connectivity index (χ2v) is 9.08. The van der Waals surface area contributed by atoms with Gasteiger partial charge in [0.2, 0.25) is 5.91 Å². The molecule has 170 valence electrons. The first-order valence-corrected chi connectivity index (χ1v) is 11.8. The molecule has 5 aromatic rings. The maximum atomic E-state index is 11.5. The fraction of sp³-hybridized carbons (Fsp3) is 0.214. The molecule has 0 atom stereocenters. The summed E-state index contributed by atoms with van der Waals surface area (Å²) in [5.74, 6) is 0.171. The molecule has 34 heavy (non-hydrogen) atoms. The van der Waals surface area contributed by atoms with Crippen LogP contribution in [0.25, 0.3) is 44.2 Å². The third-order valence-electron chi connectivity index (χ3n) is 6.91. The predicted molar refractivity (Wildman–Crippen MR) is 136 cm³/mol. The summed E-state index contributed by atoms with van der Waals surface area (Å²) >= 11 is 0. The predicted octanol–water partition coefficient (Wildman–Crippen LogP) is 5.04. The molecule has 6 nitrogen and oxygen atoms in total. The highest BCUT2D eigenvalue weighted by Gasteiger charge is 2.18. The quantitative estimate of drug-likeness (QED) is 0.404. The Morgan fingerprint density at radius 1 is 0.912 bits per heavy atom. The van der Waals surface area contributed by atoms with Gasteiger partial charge in [-0.1, -0.05) is 30.3 Å². The van der Waals surface area contributed by atoms with Crippen LogP contribution in [0.4, 0.5) is 0 Å². The zero-order chi connectivity index (χ0) is 23.1. The second kappa shape index (κ2) is 8.47. The molecule has 0 unspecified atom stereocenters. The summed E-state index contributed by atoms with van der Waals surface area (Å²) in [6.07, 6.45) is 5.96. The number of rotatable bonds is 4. The first-order valence-electron chi connectivity index (χ1n) is 11.8. The lowest BCUT2D eigenvalue weighted by Gasteiger charge is -2.34. The van der Waals surface area contributed by atoms with Crippen LogP contribution in [0.1, 0.15) is 12.5 Å². The number of carbonyl (C=O) groups excluding carboxylic acids is 1. The SMILES string of the molecule is CC(=O)N1CCN(Cc2ccc(-c3cnc4[nH]cc(-c5ccc6[nH]ccc6c5)c4c3)cc2)CC1. The first kappa shape index (κ1) is 20.7. The number of benzene rings is 2. The Labute approximate surface area is 198 Å². The lowest BCUT2D eigenvalue weighted by Crippen LogP contribution is -2.47. The molecular formula is C28H27N5O. The van der Waals surface area contributed by atoms with Crippen molar-refractivity contribution in [3.05, 3.63) is 78.8 Å². The standard InChI is InChI=1S/C28H27N5O/c1-19(34)33-12-10-32(11-13-33)18-20-2-4-21(5-3-20)24-15-25-26(17-31-28(25)30-16-24)22-6-7-27-23(14-22)8-9-29-27/h2-9,14-17,29H,10-13,18H2,1H3,(H,30,31). The van der Waals surface area contributed by atoms with Crippen molar-refractivity contribution in [3.8, 4) is 22.3 Å². The van der Waals surface area contributed by atoms with Gasteiger partial charge in [0.15, 0.2) is 0 Å². The van der Waals surface area contributed by atoms with E-state index in [-0.39, 0.29) is 5.91 Å². The Bertz CT molecular complexity index is 1470. The number of nitrogens with one attached hydrogen (secondary N) is 2. The van der Waals surface area contributed by atoms with Gasteiger partial charge in [0.05, 0.1) is 0 Å². The highest BCUT2D eigenvalue weighted by Crippen LogP contribution is 2.32. The van der Waals surface area contributed by atoms with Gasteiger partial charge >= 0.3 is 0 Å². The van der Waals surface area contributed by atoms with E-state index < -0.39 is 0 Å². The van der Waals surface area contributed by atoms with Gasteiger partial charge < -0.3 is 14.9 Å². The summed E-state index contributed by atoms with van der Waals surface area (Å²) in [7, 11) is 0. The minimum atomic E-state index is 0.171. The van der Waals surface area contributed by atoms with Crippen molar-refractivity contribution < 1.29 is 4.79 Å². The number of aromatic nitrogens is 3. The molecule has 1 saturated heterocycles. The van der Waals surface area contributed by atoms with Gasteiger partial charge in [0.25, 0.3) is 0 Å². The molecule has 2 N–H and O–H groups in total. The molecule has 0 aliphatic carbocycles. The third kappa shape index (κ3) is 3.86. The molecule has 0 saturated carbocycles. The number of hydrogen-bond acceptors (Lipinski definition) is 3. The van der Waals surface area contributed by atoms with Crippen molar-refractivity contribution in [1.29, 1.82) is 0 Å². The highest BCUT2D eigenvalue weighted by atomic mass is 16.2. The minimum absolute atomic E-state index is 0.171. The topological polar surface area (TPSA) is 68.0 Å². The van der Waals surface area contributed by atoms with Crippen LogP contribution >= 0.6 is 0 Å². The smallest absolute Gasteiger partial charge is 0.219 e. The molecule has 1 aliphatic heterocycles. The van der Waals surface area contributed by atoms with Gasteiger partial charge in [-0.3, -0.25) is 9.69 Å². The van der Waals surface area contributed by atoms with Gasteiger partial charge in [0, 0.05) is 80.3 Å². The summed E-state index contributed by atoms with van der Waals surface area (Å²) < 4.78 is 0. The van der Waals surface area contributed by atoms with Crippen LogP contribution in [0.5, 0.6) is 0 Å². The van der Waals surface area contributed by atoms with E-state index in [0.717, 1.165) is 66.0 Å². The number of piperazine rings is 1. The average Bonchev–Trinajstić information content (AvgIpc) is 3.51. The zero-order valence-corrected chi connectivity index (χ0v) is 19.2. The number of nitrogens with zero attached hydrogens (tertiary/aromatic N) is 3. The van der Waals surface area contributed by atoms with Crippen molar-refractivity contribution in [2.45, 2.75) is 13.5 Å². The van der Waals surface area contributed by atoms with Crippen LogP contribution in [0, 0.1) is 0 Å². The summed E-state index contributed by atoms with van der Waals surface area (Å²) in [5.41, 5.74) is 7.94. The summed E-state index contributed by atoms with van der Waals surface area (Å²) in [5, 5.41) is 2.33. The van der Waals surface area contributed by atoms with Gasteiger partial charge in [-0.25, -0.2) is 4.98 Å². The van der Waals surface area contributed by atoms with E-state index in [9.17, 15) is 4.79 Å². The van der Waals surface area contributed by atoms with E-state index in [1.807, 2.05) is 23.5 Å². The van der Waals surface area contributed by atoms with Crippen molar-refractivity contribution in [1.82, 2.24) is 24.8 Å². The van der Waals surface area contributed by atoms with Crippen molar-refractivity contribution >= 4 is 27.8 Å². The van der Waals surface area contributed by atoms with E-state index >= 15 is 0 Å². The van der Waals surface area contributed by atoms with Gasteiger partial charge in [-0.15, -0.1) is 0 Å². The molecule has 0 bridgehead atoms. The molecule has 6 rings (SSSR count). The number of carbonyl (C=O) groups is 1. The Morgan fingerprint density at radius 3 is 2.50 bits per heavy atom. The second-order valence-electron chi connectivity index (χ2n) is 9.08. The molecule has 3 aromatic heterocycles. The molecule has 2 aromatic carbocycles. The summed E-state index contributed by atoms with van der Waals surface area (Å²) in [6.45, 7) is 6.04. The van der Waals surface area contributed by atoms with Gasteiger partial charge in [-0.05, 0) is 46.3 Å². The van der Waals surface area contributed by atoms with Crippen LogP contribution in [-0.4, -0.2) is 56.8 Å². The number of amides is 1. The third-order valence-corrected chi connectivity index (χ3v) is 6.91. The van der Waals surface area contributed by atoms with E-state index in [0.29, 0.717) is 0 Å². The average molecular weight is 450 g/mol. The Kier molecular flexibility index (Phi) is 5.15. The van der Waals surface area contributed by atoms with Crippen molar-refractivity contribution in [2.75, 3.05) is 26.2 Å². The van der Waals surface area contributed by atoms with Gasteiger partial charge in [0.1, 0.15) is 5.65 Å². The molecule has 6 heteroatoms. The highest BCUT2D eigenvalue weighted by molar-refractivity contribution is 5.98. The van der Waals surface area contributed by atoms with E-state index in [1.54, 1.807) is 6.92 Å². The minimum Gasteiger partial charge on any atom is -0.361 e. The number of H-pyrrole nitrogens is 2. The van der Waals surface area contributed by atoms with E-state index in [1.165, 1.54) is 16.5 Å². The molecule has 0 radical (unpaired) electrons. The molecule has 1 fully saturated rings. The molecular weight excluding hydrogens is 422 g/mol. The Balaban J connectivity index is 1.23. The largest absolute Gasteiger partial charge is 0.361 e. The summed E-state index contributed by atoms with van der Waals surface area (Å²) in [6, 6.07) is 19.6. The lowest BCUT2D eigenvalue weighted by molar-refractivity contribution is -0.130. The van der Waals surface area contributed by atoms with E-state index in [4.69, 9.17) is 4.98 Å². The van der Waals surface area contributed by atoms with Crippen LogP contribution in [0.3, 0.4) is 0 Å². The monoisotopic (exact) mass is 449 g/mol. The number of hydrogen-bond donors (Lipinski definition) is 2. The fourth-order valence-electron chi connectivity index (χ4n) is 4.90. The normalized spacial score (nSPS) is 14.8. The van der Waals surface area contributed by atoms with Crippen LogP contribution in [-0.2, 0) is 11.3 Å². The Hall–Kier alpha value is -3.90. The molecule has 1 amide bonds. The maximum absolute atomic E-state index is 11.5. The lowest BCUT2D eigenvalue weighted by atomic mass is 10.0.